The van der Waals surface area contributed by atoms with E-state index in [0.29, 0.717) is 25.1 Å². The Hall–Kier alpha value is -2.48. The zero-order valence-electron chi connectivity index (χ0n) is 15.1. The number of nitrogens with zero attached hydrogens (tertiary/aromatic N) is 1. The Balaban J connectivity index is 1.88. The van der Waals surface area contributed by atoms with Gasteiger partial charge in [-0.3, -0.25) is 4.79 Å². The zero-order chi connectivity index (χ0) is 20.5. The molecule has 0 bridgehead atoms. The number of benzene rings is 2. The number of hydrogen-bond acceptors (Lipinski definition) is 2. The fourth-order valence-corrected chi connectivity index (χ4v) is 3.55. The largest absolute Gasteiger partial charge is 0.416 e. The summed E-state index contributed by atoms with van der Waals surface area (Å²) >= 11 is 0. The van der Waals surface area contributed by atoms with Gasteiger partial charge in [-0.15, -0.1) is 0 Å². The smallest absolute Gasteiger partial charge is 0.323 e. The van der Waals surface area contributed by atoms with Crippen LogP contribution in [0.4, 0.5) is 27.6 Å². The lowest BCUT2D eigenvalue weighted by Gasteiger charge is -2.36. The van der Waals surface area contributed by atoms with Gasteiger partial charge in [-0.25, -0.2) is 8.78 Å². The molecular weight excluding hydrogens is 379 g/mol. The second kappa shape index (κ2) is 7.87. The molecule has 1 saturated heterocycles. The maximum Gasteiger partial charge on any atom is 0.416 e. The van der Waals surface area contributed by atoms with Gasteiger partial charge in [-0.05, 0) is 49.7 Å². The summed E-state index contributed by atoms with van der Waals surface area (Å²) in [6.07, 6.45) is -4.01. The van der Waals surface area contributed by atoms with Crippen LogP contribution in [0, 0.1) is 17.6 Å². The molecule has 1 N–H and O–H groups in total. The van der Waals surface area contributed by atoms with Crippen LogP contribution in [0.15, 0.2) is 42.5 Å². The van der Waals surface area contributed by atoms with Gasteiger partial charge in [0.1, 0.15) is 0 Å². The van der Waals surface area contributed by atoms with Crippen LogP contribution < -0.4 is 5.32 Å². The van der Waals surface area contributed by atoms with E-state index < -0.39 is 41.1 Å². The van der Waals surface area contributed by atoms with Crippen molar-refractivity contribution in [1.82, 2.24) is 4.90 Å². The predicted molar refractivity (Wildman–Crippen MR) is 94.8 cm³/mol. The molecule has 2 aromatic rings. The minimum Gasteiger partial charge on any atom is -0.323 e. The van der Waals surface area contributed by atoms with Gasteiger partial charge >= 0.3 is 6.18 Å². The molecule has 2 atom stereocenters. The van der Waals surface area contributed by atoms with Crippen LogP contribution in [-0.4, -0.2) is 30.9 Å². The van der Waals surface area contributed by atoms with Crippen molar-refractivity contribution in [3.8, 4) is 0 Å². The predicted octanol–water partition coefficient (Wildman–Crippen LogP) is 4.66. The normalized spacial score (nSPS) is 20.8. The molecule has 0 unspecified atom stereocenters. The van der Waals surface area contributed by atoms with E-state index in [0.717, 1.165) is 18.2 Å². The first-order valence-electron chi connectivity index (χ1n) is 8.77. The van der Waals surface area contributed by atoms with E-state index in [1.807, 2.05) is 4.90 Å². The number of piperidine rings is 1. The summed E-state index contributed by atoms with van der Waals surface area (Å²) in [4.78, 5) is 14.7. The molecule has 1 amide bonds. The molecule has 1 aliphatic rings. The summed E-state index contributed by atoms with van der Waals surface area (Å²) in [5.41, 5.74) is -0.664. The highest BCUT2D eigenvalue weighted by Crippen LogP contribution is 2.37. The minimum absolute atomic E-state index is 0.291. The molecule has 0 aliphatic carbocycles. The molecule has 0 spiro atoms. The molecule has 2 aromatic carbocycles. The number of anilines is 1. The highest BCUT2D eigenvalue weighted by molar-refractivity contribution is 5.93. The minimum atomic E-state index is -4.48. The first kappa shape index (κ1) is 20.3. The van der Waals surface area contributed by atoms with Crippen LogP contribution in [0.3, 0.4) is 0 Å². The quantitative estimate of drug-likeness (QED) is 0.763. The molecule has 0 saturated carbocycles. The zero-order valence-corrected chi connectivity index (χ0v) is 15.1. The third-order valence-electron chi connectivity index (χ3n) is 5.00. The van der Waals surface area contributed by atoms with Crippen molar-refractivity contribution in [1.29, 1.82) is 0 Å². The number of nitrogens with one attached hydrogen (secondary N) is 1. The molecule has 150 valence electrons. The molecule has 1 fully saturated rings. The van der Waals surface area contributed by atoms with Gasteiger partial charge in [0.2, 0.25) is 5.91 Å². The van der Waals surface area contributed by atoms with Gasteiger partial charge in [-0.2, -0.15) is 13.2 Å². The van der Waals surface area contributed by atoms with Gasteiger partial charge in [0.15, 0.2) is 11.6 Å². The first-order valence-corrected chi connectivity index (χ1v) is 8.77. The lowest BCUT2D eigenvalue weighted by atomic mass is 9.79. The third kappa shape index (κ3) is 4.32. The number of amides is 1. The molecular formula is C20H19F5N2O. The Morgan fingerprint density at radius 3 is 2.57 bits per heavy atom. The van der Waals surface area contributed by atoms with Crippen molar-refractivity contribution in [3.63, 3.8) is 0 Å². The number of alkyl halides is 3. The number of carbonyl (C=O) groups is 1. The first-order chi connectivity index (χ1) is 13.2. The van der Waals surface area contributed by atoms with Gasteiger partial charge < -0.3 is 10.2 Å². The highest BCUT2D eigenvalue weighted by atomic mass is 19.4. The van der Waals surface area contributed by atoms with Crippen molar-refractivity contribution in [2.24, 2.45) is 5.92 Å². The molecule has 1 aliphatic heterocycles. The Kier molecular flexibility index (Phi) is 5.69. The van der Waals surface area contributed by atoms with Gasteiger partial charge in [0.05, 0.1) is 17.2 Å². The average Bonchev–Trinajstić information content (AvgIpc) is 2.65. The van der Waals surface area contributed by atoms with Crippen molar-refractivity contribution in [2.45, 2.75) is 18.5 Å². The number of halogens is 5. The second-order valence-corrected chi connectivity index (χ2v) is 6.98. The Morgan fingerprint density at radius 1 is 1.14 bits per heavy atom. The summed E-state index contributed by atoms with van der Waals surface area (Å²) in [5, 5.41) is 2.38. The van der Waals surface area contributed by atoms with E-state index in [9.17, 15) is 26.7 Å². The van der Waals surface area contributed by atoms with Gasteiger partial charge in [0.25, 0.3) is 0 Å². The number of likely N-dealkylation sites (tertiary alicyclic amines) is 1. The monoisotopic (exact) mass is 398 g/mol. The molecule has 1 heterocycles. The van der Waals surface area contributed by atoms with Crippen LogP contribution >= 0.6 is 0 Å². The lowest BCUT2D eigenvalue weighted by molar-refractivity contribution is -0.137. The molecule has 28 heavy (non-hydrogen) atoms. The highest BCUT2D eigenvalue weighted by Gasteiger charge is 2.36. The van der Waals surface area contributed by atoms with E-state index in [1.165, 1.54) is 18.2 Å². The van der Waals surface area contributed by atoms with E-state index in [1.54, 1.807) is 13.1 Å². The van der Waals surface area contributed by atoms with Gasteiger partial charge in [0, 0.05) is 6.54 Å². The second-order valence-electron chi connectivity index (χ2n) is 6.98. The van der Waals surface area contributed by atoms with Gasteiger partial charge in [-0.1, -0.05) is 24.3 Å². The molecule has 0 aromatic heterocycles. The number of hydrogen-bond donors (Lipinski definition) is 1. The summed E-state index contributed by atoms with van der Waals surface area (Å²) in [7, 11) is 1.80. The molecule has 3 rings (SSSR count). The standard InChI is InChI=1S/C20H19F5N2O/c1-27-9-8-14(12-4-2-5-13(10-12)20(23,24)25)15(11-27)19(28)26-17-7-3-6-16(21)18(17)22/h2-7,10,14-15H,8-9,11H2,1H3,(H,26,28)/t14-,15+/m1/s1. The summed E-state index contributed by atoms with van der Waals surface area (Å²) in [6.45, 7) is 0.905. The Bertz CT molecular complexity index is 868. The van der Waals surface area contributed by atoms with Crippen LogP contribution in [0.1, 0.15) is 23.5 Å². The molecule has 8 heteroatoms. The van der Waals surface area contributed by atoms with Crippen molar-refractivity contribution >= 4 is 11.6 Å². The maximum atomic E-state index is 13.9. The summed E-state index contributed by atoms with van der Waals surface area (Å²) in [5.74, 6) is -3.98. The van der Waals surface area contributed by atoms with E-state index >= 15 is 0 Å². The van der Waals surface area contributed by atoms with Crippen molar-refractivity contribution < 1.29 is 26.7 Å². The fraction of sp³-hybridized carbons (Fsp3) is 0.350. The fourth-order valence-electron chi connectivity index (χ4n) is 3.55. The van der Waals surface area contributed by atoms with Crippen LogP contribution in [0.25, 0.3) is 0 Å². The van der Waals surface area contributed by atoms with E-state index in [-0.39, 0.29) is 5.69 Å². The Morgan fingerprint density at radius 2 is 1.86 bits per heavy atom. The van der Waals surface area contributed by atoms with Crippen molar-refractivity contribution in [2.75, 3.05) is 25.5 Å². The SMILES string of the molecule is CN1CC[C@H](c2cccc(C(F)(F)F)c2)[C@@H](C(=O)Nc2cccc(F)c2F)C1. The third-order valence-corrected chi connectivity index (χ3v) is 5.00. The average molecular weight is 398 g/mol. The van der Waals surface area contributed by atoms with E-state index in [4.69, 9.17) is 0 Å². The molecule has 3 nitrogen and oxygen atoms in total. The topological polar surface area (TPSA) is 32.3 Å². The maximum absolute atomic E-state index is 13.9. The van der Waals surface area contributed by atoms with Crippen LogP contribution in [0.2, 0.25) is 0 Å². The summed E-state index contributed by atoms with van der Waals surface area (Å²) in [6, 6.07) is 8.36. The Labute approximate surface area is 159 Å². The van der Waals surface area contributed by atoms with E-state index in [2.05, 4.69) is 5.32 Å². The number of rotatable bonds is 3. The lowest BCUT2D eigenvalue weighted by Crippen LogP contribution is -2.43. The van der Waals surface area contributed by atoms with Crippen LogP contribution in [0.5, 0.6) is 0 Å². The van der Waals surface area contributed by atoms with Crippen molar-refractivity contribution in [3.05, 3.63) is 65.2 Å². The molecule has 0 radical (unpaired) electrons. The summed E-state index contributed by atoms with van der Waals surface area (Å²) < 4.78 is 66.4. The van der Waals surface area contributed by atoms with Crippen LogP contribution in [-0.2, 0) is 11.0 Å². The number of carbonyl (C=O) groups excluding carboxylic acids is 1.